The Balaban J connectivity index is 1.69. The third-order valence-electron chi connectivity index (χ3n) is 4.42. The van der Waals surface area contributed by atoms with E-state index in [0.29, 0.717) is 11.5 Å². The molecule has 0 atom stereocenters. The maximum atomic E-state index is 12.5. The van der Waals surface area contributed by atoms with E-state index in [4.69, 9.17) is 0 Å². The zero-order valence-corrected chi connectivity index (χ0v) is 14.4. The number of likely N-dealkylation sites (tertiary alicyclic amines) is 1. The molecule has 1 aromatic heterocycles. The normalized spacial score (nSPS) is 15.0. The highest BCUT2D eigenvalue weighted by atomic mass is 16.2. The van der Waals surface area contributed by atoms with Gasteiger partial charge in [0, 0.05) is 31.2 Å². The molecule has 5 nitrogen and oxygen atoms in total. The Morgan fingerprint density at radius 3 is 2.33 bits per heavy atom. The third-order valence-corrected chi connectivity index (χ3v) is 4.42. The molecule has 0 spiro atoms. The minimum Gasteiger partial charge on any atom is -0.339 e. The second kappa shape index (κ2) is 7.43. The van der Waals surface area contributed by atoms with Crippen molar-refractivity contribution in [3.8, 4) is 0 Å². The van der Waals surface area contributed by atoms with Crippen molar-refractivity contribution >= 4 is 17.5 Å². The number of hydrogen-bond donors (Lipinski definition) is 1. The van der Waals surface area contributed by atoms with E-state index in [-0.39, 0.29) is 5.91 Å². The molecular formula is C19H24N4O. The summed E-state index contributed by atoms with van der Waals surface area (Å²) in [6.07, 6.45) is 7.81. The molecule has 126 valence electrons. The number of nitrogens with zero attached hydrogens (tertiary/aromatic N) is 3. The molecule has 5 heteroatoms. The van der Waals surface area contributed by atoms with Gasteiger partial charge in [0.25, 0.3) is 5.91 Å². The van der Waals surface area contributed by atoms with Gasteiger partial charge >= 0.3 is 0 Å². The Labute approximate surface area is 143 Å². The van der Waals surface area contributed by atoms with Gasteiger partial charge in [-0.1, -0.05) is 30.5 Å². The first-order valence-corrected chi connectivity index (χ1v) is 8.59. The van der Waals surface area contributed by atoms with Crippen molar-refractivity contribution in [1.82, 2.24) is 14.9 Å². The van der Waals surface area contributed by atoms with Crippen LogP contribution in [-0.2, 0) is 0 Å². The number of amides is 1. The molecule has 1 aliphatic rings. The molecule has 1 amide bonds. The van der Waals surface area contributed by atoms with Crippen LogP contribution in [0.15, 0.2) is 30.6 Å². The Hall–Kier alpha value is -2.43. The summed E-state index contributed by atoms with van der Waals surface area (Å²) in [5.41, 5.74) is 3.90. The third kappa shape index (κ3) is 3.91. The number of anilines is 2. The van der Waals surface area contributed by atoms with E-state index in [1.165, 1.54) is 18.4 Å². The Kier molecular flexibility index (Phi) is 5.08. The van der Waals surface area contributed by atoms with Crippen molar-refractivity contribution in [2.24, 2.45) is 0 Å². The van der Waals surface area contributed by atoms with Gasteiger partial charge in [-0.05, 0) is 38.3 Å². The van der Waals surface area contributed by atoms with Gasteiger partial charge in [-0.15, -0.1) is 0 Å². The lowest BCUT2D eigenvalue weighted by Gasteiger charge is -2.20. The molecule has 1 aromatic carbocycles. The number of carbonyl (C=O) groups excluding carboxylic acids is 1. The number of hydrogen-bond acceptors (Lipinski definition) is 4. The van der Waals surface area contributed by atoms with Crippen LogP contribution in [0.25, 0.3) is 0 Å². The van der Waals surface area contributed by atoms with Crippen LogP contribution < -0.4 is 5.32 Å². The molecular weight excluding hydrogens is 300 g/mol. The monoisotopic (exact) mass is 324 g/mol. The molecule has 1 aliphatic heterocycles. The van der Waals surface area contributed by atoms with Gasteiger partial charge in [0.15, 0.2) is 0 Å². The number of nitrogens with one attached hydrogen (secondary N) is 1. The Morgan fingerprint density at radius 1 is 1.04 bits per heavy atom. The molecule has 0 radical (unpaired) electrons. The first kappa shape index (κ1) is 16.4. The van der Waals surface area contributed by atoms with Crippen LogP contribution in [0.3, 0.4) is 0 Å². The highest BCUT2D eigenvalue weighted by Crippen LogP contribution is 2.19. The van der Waals surface area contributed by atoms with Crippen LogP contribution >= 0.6 is 0 Å². The fourth-order valence-electron chi connectivity index (χ4n) is 3.03. The van der Waals surface area contributed by atoms with Gasteiger partial charge in [0.1, 0.15) is 0 Å². The van der Waals surface area contributed by atoms with Gasteiger partial charge in [0.2, 0.25) is 5.95 Å². The zero-order valence-electron chi connectivity index (χ0n) is 14.4. The molecule has 0 bridgehead atoms. The lowest BCUT2D eigenvalue weighted by molar-refractivity contribution is 0.0761. The summed E-state index contributed by atoms with van der Waals surface area (Å²) in [5.74, 6) is 0.546. The quantitative estimate of drug-likeness (QED) is 0.931. The summed E-state index contributed by atoms with van der Waals surface area (Å²) in [5, 5.41) is 3.21. The van der Waals surface area contributed by atoms with Crippen molar-refractivity contribution in [3.05, 3.63) is 47.3 Å². The average Bonchev–Trinajstić information content (AvgIpc) is 2.87. The predicted molar refractivity (Wildman–Crippen MR) is 95.6 cm³/mol. The fraction of sp³-hybridized carbons (Fsp3) is 0.421. The van der Waals surface area contributed by atoms with Crippen LogP contribution in [0.5, 0.6) is 0 Å². The minimum atomic E-state index is 0.0370. The van der Waals surface area contributed by atoms with Crippen LogP contribution in [0.2, 0.25) is 0 Å². The highest BCUT2D eigenvalue weighted by molar-refractivity contribution is 5.93. The molecule has 1 N–H and O–H groups in total. The van der Waals surface area contributed by atoms with E-state index in [0.717, 1.165) is 37.2 Å². The Morgan fingerprint density at radius 2 is 1.71 bits per heavy atom. The molecule has 3 rings (SSSR count). The van der Waals surface area contributed by atoms with Crippen molar-refractivity contribution in [3.63, 3.8) is 0 Å². The molecule has 2 heterocycles. The van der Waals surface area contributed by atoms with Crippen LogP contribution in [0.1, 0.15) is 47.2 Å². The molecule has 1 fully saturated rings. The molecule has 0 aliphatic carbocycles. The lowest BCUT2D eigenvalue weighted by atomic mass is 10.1. The smallest absolute Gasteiger partial charge is 0.256 e. The number of benzene rings is 1. The average molecular weight is 324 g/mol. The first-order valence-electron chi connectivity index (χ1n) is 8.59. The SMILES string of the molecule is Cc1ccc(Nc2ncc(C(=O)N3CCCCCC3)cn2)c(C)c1. The summed E-state index contributed by atoms with van der Waals surface area (Å²) in [7, 11) is 0. The predicted octanol–water partition coefficient (Wildman–Crippen LogP) is 3.85. The fourth-order valence-corrected chi connectivity index (χ4v) is 3.03. The van der Waals surface area contributed by atoms with Gasteiger partial charge < -0.3 is 10.2 Å². The minimum absolute atomic E-state index is 0.0370. The maximum absolute atomic E-state index is 12.5. The molecule has 0 saturated carbocycles. The van der Waals surface area contributed by atoms with E-state index in [9.17, 15) is 4.79 Å². The van der Waals surface area contributed by atoms with Gasteiger partial charge in [-0.25, -0.2) is 9.97 Å². The van der Waals surface area contributed by atoms with E-state index in [2.05, 4.69) is 28.3 Å². The van der Waals surface area contributed by atoms with E-state index >= 15 is 0 Å². The van der Waals surface area contributed by atoms with Crippen molar-refractivity contribution in [2.75, 3.05) is 18.4 Å². The van der Waals surface area contributed by atoms with E-state index < -0.39 is 0 Å². The second-order valence-electron chi connectivity index (χ2n) is 6.45. The standard InChI is InChI=1S/C19H24N4O/c1-14-7-8-17(15(2)11-14)22-19-20-12-16(13-21-19)18(24)23-9-5-3-4-6-10-23/h7-8,11-13H,3-6,9-10H2,1-2H3,(H,20,21,22). The van der Waals surface area contributed by atoms with E-state index in [1.807, 2.05) is 24.0 Å². The highest BCUT2D eigenvalue weighted by Gasteiger charge is 2.18. The Bertz CT molecular complexity index is 704. The van der Waals surface area contributed by atoms with Crippen LogP contribution in [-0.4, -0.2) is 33.9 Å². The second-order valence-corrected chi connectivity index (χ2v) is 6.45. The molecule has 1 saturated heterocycles. The topological polar surface area (TPSA) is 58.1 Å². The summed E-state index contributed by atoms with van der Waals surface area (Å²) >= 11 is 0. The molecule has 0 unspecified atom stereocenters. The maximum Gasteiger partial charge on any atom is 0.256 e. The van der Waals surface area contributed by atoms with Crippen LogP contribution in [0, 0.1) is 13.8 Å². The first-order chi connectivity index (χ1) is 11.6. The number of carbonyl (C=O) groups is 1. The van der Waals surface area contributed by atoms with Crippen molar-refractivity contribution < 1.29 is 4.79 Å². The van der Waals surface area contributed by atoms with Crippen molar-refractivity contribution in [2.45, 2.75) is 39.5 Å². The lowest BCUT2D eigenvalue weighted by Crippen LogP contribution is -2.32. The van der Waals surface area contributed by atoms with Gasteiger partial charge in [-0.3, -0.25) is 4.79 Å². The van der Waals surface area contributed by atoms with E-state index in [1.54, 1.807) is 12.4 Å². The van der Waals surface area contributed by atoms with Crippen molar-refractivity contribution in [1.29, 1.82) is 0 Å². The van der Waals surface area contributed by atoms with Gasteiger partial charge in [0.05, 0.1) is 5.56 Å². The number of rotatable bonds is 3. The molecule has 24 heavy (non-hydrogen) atoms. The number of aryl methyl sites for hydroxylation is 2. The summed E-state index contributed by atoms with van der Waals surface area (Å²) < 4.78 is 0. The molecule has 2 aromatic rings. The van der Waals surface area contributed by atoms with Crippen LogP contribution in [0.4, 0.5) is 11.6 Å². The summed E-state index contributed by atoms with van der Waals surface area (Å²) in [6.45, 7) is 5.78. The summed E-state index contributed by atoms with van der Waals surface area (Å²) in [4.78, 5) is 23.1. The largest absolute Gasteiger partial charge is 0.339 e. The van der Waals surface area contributed by atoms with Gasteiger partial charge in [-0.2, -0.15) is 0 Å². The zero-order chi connectivity index (χ0) is 16.9. The number of aromatic nitrogens is 2. The summed E-state index contributed by atoms with van der Waals surface area (Å²) in [6, 6.07) is 6.18.